The van der Waals surface area contributed by atoms with E-state index >= 15 is 0 Å². The van der Waals surface area contributed by atoms with Gasteiger partial charge in [0.2, 0.25) is 10.0 Å². The minimum atomic E-state index is -3.48. The second-order valence-electron chi connectivity index (χ2n) is 7.33. The van der Waals surface area contributed by atoms with Gasteiger partial charge in [0.1, 0.15) is 4.83 Å². The van der Waals surface area contributed by atoms with Gasteiger partial charge in [-0.1, -0.05) is 18.6 Å². The highest BCUT2D eigenvalue weighted by molar-refractivity contribution is 7.89. The molecule has 2 aromatic heterocycles. The van der Waals surface area contributed by atoms with E-state index in [1.165, 1.54) is 11.3 Å². The molecule has 0 aliphatic carbocycles. The van der Waals surface area contributed by atoms with Gasteiger partial charge in [-0.3, -0.25) is 9.48 Å². The van der Waals surface area contributed by atoms with Gasteiger partial charge in [-0.05, 0) is 43.5 Å². The van der Waals surface area contributed by atoms with Crippen LogP contribution in [0.5, 0.6) is 0 Å². The number of carbonyl (C=O) groups is 1. The summed E-state index contributed by atoms with van der Waals surface area (Å²) in [5.41, 5.74) is 1.66. The van der Waals surface area contributed by atoms with Crippen molar-refractivity contribution in [1.82, 2.24) is 19.4 Å². The monoisotopic (exact) mass is 432 g/mol. The van der Waals surface area contributed by atoms with Gasteiger partial charge in [0.05, 0.1) is 15.5 Å². The number of hydrogen-bond donors (Lipinski definition) is 1. The third kappa shape index (κ3) is 3.94. The first-order valence-electron chi connectivity index (χ1n) is 9.67. The molecule has 0 spiro atoms. The van der Waals surface area contributed by atoms with Gasteiger partial charge in [0, 0.05) is 32.1 Å². The van der Waals surface area contributed by atoms with Crippen LogP contribution in [0, 0.1) is 6.92 Å². The third-order valence-electron chi connectivity index (χ3n) is 5.22. The Kier molecular flexibility index (Phi) is 5.46. The molecule has 154 valence electrons. The predicted molar refractivity (Wildman–Crippen MR) is 114 cm³/mol. The van der Waals surface area contributed by atoms with Crippen molar-refractivity contribution in [2.24, 2.45) is 7.05 Å². The van der Waals surface area contributed by atoms with Crippen LogP contribution >= 0.6 is 11.3 Å². The van der Waals surface area contributed by atoms with Gasteiger partial charge in [-0.15, -0.1) is 11.3 Å². The van der Waals surface area contributed by atoms with Crippen LogP contribution in [-0.2, 0) is 23.6 Å². The van der Waals surface area contributed by atoms with Crippen molar-refractivity contribution >= 4 is 37.5 Å². The van der Waals surface area contributed by atoms with Crippen LogP contribution in [0.4, 0.5) is 0 Å². The van der Waals surface area contributed by atoms with E-state index in [9.17, 15) is 13.2 Å². The maximum Gasteiger partial charge on any atom is 0.261 e. The summed E-state index contributed by atoms with van der Waals surface area (Å²) in [5.74, 6) is -0.171. The average Bonchev–Trinajstić information content (AvgIpc) is 3.28. The molecule has 1 aromatic carbocycles. The first-order valence-corrected chi connectivity index (χ1v) is 11.9. The van der Waals surface area contributed by atoms with Crippen molar-refractivity contribution < 1.29 is 13.2 Å². The molecule has 0 radical (unpaired) electrons. The Morgan fingerprint density at radius 1 is 1.21 bits per heavy atom. The Labute approximate surface area is 174 Å². The van der Waals surface area contributed by atoms with E-state index in [-0.39, 0.29) is 17.3 Å². The quantitative estimate of drug-likeness (QED) is 0.672. The van der Waals surface area contributed by atoms with E-state index in [2.05, 4.69) is 10.4 Å². The van der Waals surface area contributed by atoms with Crippen molar-refractivity contribution in [2.45, 2.75) is 37.6 Å². The number of aromatic nitrogens is 2. The summed E-state index contributed by atoms with van der Waals surface area (Å²) >= 11 is 1.40. The lowest BCUT2D eigenvalue weighted by Crippen LogP contribution is -2.35. The van der Waals surface area contributed by atoms with Crippen LogP contribution in [0.2, 0.25) is 0 Å². The van der Waals surface area contributed by atoms with Crippen LogP contribution in [0.25, 0.3) is 10.2 Å². The van der Waals surface area contributed by atoms with E-state index < -0.39 is 10.0 Å². The van der Waals surface area contributed by atoms with Gasteiger partial charge in [-0.25, -0.2) is 8.42 Å². The number of fused-ring (bicyclic) bond motifs is 1. The number of rotatable bonds is 5. The van der Waals surface area contributed by atoms with Gasteiger partial charge in [0.25, 0.3) is 5.91 Å². The van der Waals surface area contributed by atoms with Crippen LogP contribution in [0.3, 0.4) is 0 Å². The summed E-state index contributed by atoms with van der Waals surface area (Å²) in [6, 6.07) is 8.69. The molecule has 7 nitrogen and oxygen atoms in total. The summed E-state index contributed by atoms with van der Waals surface area (Å²) < 4.78 is 29.1. The van der Waals surface area contributed by atoms with Gasteiger partial charge in [0.15, 0.2) is 0 Å². The molecule has 0 unspecified atom stereocenters. The molecule has 1 fully saturated rings. The minimum absolute atomic E-state index is 0.171. The molecule has 3 aromatic rings. The van der Waals surface area contributed by atoms with Crippen molar-refractivity contribution in [3.05, 3.63) is 46.5 Å². The molecule has 9 heteroatoms. The molecule has 29 heavy (non-hydrogen) atoms. The van der Waals surface area contributed by atoms with E-state index in [0.717, 1.165) is 40.7 Å². The molecule has 1 amide bonds. The largest absolute Gasteiger partial charge is 0.347 e. The maximum atomic E-state index is 12.9. The number of aryl methyl sites for hydroxylation is 2. The van der Waals surface area contributed by atoms with Crippen LogP contribution in [0.15, 0.2) is 35.2 Å². The number of nitrogens with one attached hydrogen (secondary N) is 1. The Morgan fingerprint density at radius 3 is 2.69 bits per heavy atom. The highest BCUT2D eigenvalue weighted by atomic mass is 32.2. The van der Waals surface area contributed by atoms with Crippen LogP contribution in [-0.4, -0.2) is 41.5 Å². The standard InChI is InChI=1S/C20H24N4O3S2/c1-14-17-12-18(28-20(17)23(2)22-14)19(25)21-13-15-7-6-8-16(11-15)29(26,27)24-9-4-3-5-10-24/h6-8,11-12H,3-5,9-10,13H2,1-2H3,(H,21,25). The van der Waals surface area contributed by atoms with Crippen molar-refractivity contribution in [1.29, 1.82) is 0 Å². The molecule has 1 aliphatic rings. The molecular formula is C20H24N4O3S2. The number of thiophene rings is 1. The molecule has 0 atom stereocenters. The van der Waals surface area contributed by atoms with Crippen LogP contribution in [0.1, 0.15) is 40.2 Å². The average molecular weight is 433 g/mol. The summed E-state index contributed by atoms with van der Waals surface area (Å²) in [6.45, 7) is 3.34. The summed E-state index contributed by atoms with van der Waals surface area (Å²) in [7, 11) is -1.62. The zero-order valence-electron chi connectivity index (χ0n) is 16.5. The molecule has 1 aliphatic heterocycles. The molecule has 1 saturated heterocycles. The van der Waals surface area contributed by atoms with Gasteiger partial charge < -0.3 is 5.32 Å². The Bertz CT molecular complexity index is 1120. The SMILES string of the molecule is Cc1nn(C)c2sc(C(=O)NCc3cccc(S(=O)(=O)N4CCCCC4)c3)cc12. The van der Waals surface area contributed by atoms with E-state index in [1.54, 1.807) is 27.2 Å². The third-order valence-corrected chi connectivity index (χ3v) is 8.32. The molecular weight excluding hydrogens is 408 g/mol. The van der Waals surface area contributed by atoms with E-state index in [1.807, 2.05) is 26.1 Å². The summed E-state index contributed by atoms with van der Waals surface area (Å²) in [5, 5.41) is 8.23. The molecule has 0 bridgehead atoms. The lowest BCUT2D eigenvalue weighted by Gasteiger charge is -2.26. The van der Waals surface area contributed by atoms with Crippen LogP contribution < -0.4 is 5.32 Å². The second kappa shape index (κ2) is 7.89. The molecule has 0 saturated carbocycles. The fraction of sp³-hybridized carbons (Fsp3) is 0.400. The van der Waals surface area contributed by atoms with Crippen molar-refractivity contribution in [3.8, 4) is 0 Å². The number of piperidine rings is 1. The first kappa shape index (κ1) is 20.1. The normalized spacial score (nSPS) is 15.7. The zero-order valence-corrected chi connectivity index (χ0v) is 18.1. The topological polar surface area (TPSA) is 84.3 Å². The van der Waals surface area contributed by atoms with E-state index in [4.69, 9.17) is 0 Å². The summed E-state index contributed by atoms with van der Waals surface area (Å²) in [6.07, 6.45) is 2.88. The number of benzene rings is 1. The number of hydrogen-bond acceptors (Lipinski definition) is 5. The predicted octanol–water partition coefficient (Wildman–Crippen LogP) is 3.05. The Hall–Kier alpha value is -2.23. The lowest BCUT2D eigenvalue weighted by molar-refractivity contribution is 0.0955. The van der Waals surface area contributed by atoms with Crippen molar-refractivity contribution in [2.75, 3.05) is 13.1 Å². The number of amides is 1. The number of carbonyl (C=O) groups excluding carboxylic acids is 1. The molecule has 3 heterocycles. The van der Waals surface area contributed by atoms with Gasteiger partial charge in [-0.2, -0.15) is 9.40 Å². The lowest BCUT2D eigenvalue weighted by atomic mass is 10.2. The highest BCUT2D eigenvalue weighted by Gasteiger charge is 2.26. The van der Waals surface area contributed by atoms with E-state index in [0.29, 0.717) is 18.0 Å². The number of nitrogens with zero attached hydrogens (tertiary/aromatic N) is 3. The fourth-order valence-electron chi connectivity index (χ4n) is 3.66. The molecule has 4 rings (SSSR count). The van der Waals surface area contributed by atoms with Gasteiger partial charge >= 0.3 is 0 Å². The maximum absolute atomic E-state index is 12.9. The minimum Gasteiger partial charge on any atom is -0.347 e. The second-order valence-corrected chi connectivity index (χ2v) is 10.3. The number of sulfonamides is 1. The Balaban J connectivity index is 1.47. The summed E-state index contributed by atoms with van der Waals surface area (Å²) in [4.78, 5) is 14.4. The Morgan fingerprint density at radius 2 is 1.97 bits per heavy atom. The fourth-order valence-corrected chi connectivity index (χ4v) is 6.28. The first-order chi connectivity index (χ1) is 13.9. The smallest absolute Gasteiger partial charge is 0.261 e. The zero-order chi connectivity index (χ0) is 20.6. The molecule has 1 N–H and O–H groups in total. The van der Waals surface area contributed by atoms with Crippen molar-refractivity contribution in [3.63, 3.8) is 0 Å². The highest BCUT2D eigenvalue weighted by Crippen LogP contribution is 2.27.